The molecule has 0 fully saturated rings. The lowest BCUT2D eigenvalue weighted by Crippen LogP contribution is -2.41. The lowest BCUT2D eigenvalue weighted by Gasteiger charge is -2.13. The monoisotopic (exact) mass is 392 g/mol. The van der Waals surface area contributed by atoms with Crippen LogP contribution in [0.15, 0.2) is 29.2 Å². The van der Waals surface area contributed by atoms with Gasteiger partial charge in [0, 0.05) is 5.02 Å². The molecule has 1 rings (SSSR count). The van der Waals surface area contributed by atoms with Crippen molar-refractivity contribution in [2.75, 3.05) is 13.2 Å². The van der Waals surface area contributed by atoms with Crippen molar-refractivity contribution >= 4 is 39.6 Å². The van der Waals surface area contributed by atoms with E-state index in [1.165, 1.54) is 31.2 Å². The quantitative estimate of drug-likeness (QED) is 0.657. The van der Waals surface area contributed by atoms with Gasteiger partial charge in [-0.2, -0.15) is 4.72 Å². The largest absolute Gasteiger partial charge is 0.454 e. The van der Waals surface area contributed by atoms with Crippen LogP contribution in [0, 0.1) is 0 Å². The maximum absolute atomic E-state index is 12.1. The normalized spacial score (nSPS) is 12.1. The number of alkyl carbamates (subject to hydrolysis) is 1. The van der Waals surface area contributed by atoms with Gasteiger partial charge in [0.05, 0.1) is 11.5 Å². The van der Waals surface area contributed by atoms with E-state index in [0.29, 0.717) is 0 Å². The van der Waals surface area contributed by atoms with E-state index in [4.69, 9.17) is 11.6 Å². The SMILES string of the molecule is CCOC(=O)NC(=O)COC(=O)[C@H](C)NS(=O)(=O)c1cccc(Cl)c1. The molecule has 0 aliphatic carbocycles. The van der Waals surface area contributed by atoms with Gasteiger partial charge in [0.25, 0.3) is 5.91 Å². The van der Waals surface area contributed by atoms with Crippen molar-refractivity contribution in [3.05, 3.63) is 29.3 Å². The van der Waals surface area contributed by atoms with Crippen molar-refractivity contribution in [3.8, 4) is 0 Å². The standard InChI is InChI=1S/C14H17ClN2O7S/c1-3-23-14(20)16-12(18)8-24-13(19)9(2)17-25(21,22)11-6-4-5-10(15)7-11/h4-7,9,17H,3,8H2,1-2H3,(H,16,18,20)/t9-/m0/s1. The van der Waals surface area contributed by atoms with Gasteiger partial charge in [-0.1, -0.05) is 17.7 Å². The van der Waals surface area contributed by atoms with E-state index in [-0.39, 0.29) is 16.5 Å². The summed E-state index contributed by atoms with van der Waals surface area (Å²) in [4.78, 5) is 34.0. The summed E-state index contributed by atoms with van der Waals surface area (Å²) in [5, 5.41) is 2.04. The first-order chi connectivity index (χ1) is 11.7. The predicted octanol–water partition coefficient (Wildman–Crippen LogP) is 0.823. The first-order valence-corrected chi connectivity index (χ1v) is 8.93. The second-order valence-corrected chi connectivity index (χ2v) is 6.83. The summed E-state index contributed by atoms with van der Waals surface area (Å²) >= 11 is 5.73. The number of imide groups is 1. The van der Waals surface area contributed by atoms with E-state index in [1.807, 2.05) is 5.32 Å². The molecule has 0 aliphatic rings. The summed E-state index contributed by atoms with van der Waals surface area (Å²) in [6, 6.07) is 4.20. The van der Waals surface area contributed by atoms with E-state index in [2.05, 4.69) is 14.2 Å². The van der Waals surface area contributed by atoms with Gasteiger partial charge >= 0.3 is 12.1 Å². The molecule has 0 heterocycles. The first kappa shape index (κ1) is 20.9. The smallest absolute Gasteiger partial charge is 0.413 e. The molecular formula is C14H17ClN2O7S. The van der Waals surface area contributed by atoms with Gasteiger partial charge in [-0.25, -0.2) is 13.2 Å². The number of benzene rings is 1. The number of rotatable bonds is 7. The van der Waals surface area contributed by atoms with E-state index in [1.54, 1.807) is 6.92 Å². The Morgan fingerprint density at radius 1 is 1.24 bits per heavy atom. The van der Waals surface area contributed by atoms with Crippen LogP contribution in [0.25, 0.3) is 0 Å². The number of esters is 1. The van der Waals surface area contributed by atoms with E-state index in [9.17, 15) is 22.8 Å². The number of sulfonamides is 1. The number of nitrogens with one attached hydrogen (secondary N) is 2. The second-order valence-electron chi connectivity index (χ2n) is 4.68. The molecule has 1 aromatic rings. The molecule has 11 heteroatoms. The maximum Gasteiger partial charge on any atom is 0.413 e. The Morgan fingerprint density at radius 3 is 2.52 bits per heavy atom. The van der Waals surface area contributed by atoms with Crippen LogP contribution in [-0.4, -0.2) is 45.6 Å². The van der Waals surface area contributed by atoms with E-state index in [0.717, 1.165) is 0 Å². The fourth-order valence-electron chi connectivity index (χ4n) is 1.56. The third kappa shape index (κ3) is 7.08. The molecule has 2 N–H and O–H groups in total. The fraction of sp³-hybridized carbons (Fsp3) is 0.357. The topological polar surface area (TPSA) is 128 Å². The molecule has 25 heavy (non-hydrogen) atoms. The van der Waals surface area contributed by atoms with Crippen LogP contribution in [0.4, 0.5) is 4.79 Å². The van der Waals surface area contributed by atoms with Gasteiger partial charge < -0.3 is 9.47 Å². The van der Waals surface area contributed by atoms with Gasteiger partial charge in [0.15, 0.2) is 6.61 Å². The van der Waals surface area contributed by atoms with E-state index >= 15 is 0 Å². The summed E-state index contributed by atoms with van der Waals surface area (Å²) in [6.45, 7) is 2.10. The predicted molar refractivity (Wildman–Crippen MR) is 87.4 cm³/mol. The number of ether oxygens (including phenoxy) is 2. The Bertz CT molecular complexity index is 751. The van der Waals surface area contributed by atoms with Gasteiger partial charge in [0.2, 0.25) is 10.0 Å². The number of halogens is 1. The molecule has 138 valence electrons. The van der Waals surface area contributed by atoms with Crippen LogP contribution in [-0.2, 0) is 29.1 Å². The molecule has 1 atom stereocenters. The Morgan fingerprint density at radius 2 is 1.92 bits per heavy atom. The van der Waals surface area contributed by atoms with Crippen LogP contribution in [0.3, 0.4) is 0 Å². The highest BCUT2D eigenvalue weighted by molar-refractivity contribution is 7.89. The van der Waals surface area contributed by atoms with Crippen molar-refractivity contribution in [2.24, 2.45) is 0 Å². The average Bonchev–Trinajstić information content (AvgIpc) is 2.52. The number of hydrogen-bond acceptors (Lipinski definition) is 7. The molecule has 0 saturated carbocycles. The molecule has 0 bridgehead atoms. The van der Waals surface area contributed by atoms with Gasteiger partial charge in [-0.3, -0.25) is 14.9 Å². The molecular weight excluding hydrogens is 376 g/mol. The molecule has 1 aromatic carbocycles. The molecule has 0 radical (unpaired) electrons. The lowest BCUT2D eigenvalue weighted by atomic mass is 10.4. The van der Waals surface area contributed by atoms with Crippen molar-refractivity contribution < 1.29 is 32.3 Å². The number of carbonyl (C=O) groups excluding carboxylic acids is 3. The third-order valence-corrected chi connectivity index (χ3v) is 4.43. The minimum atomic E-state index is -4.00. The maximum atomic E-state index is 12.1. The zero-order chi connectivity index (χ0) is 19.0. The highest BCUT2D eigenvalue weighted by Gasteiger charge is 2.24. The summed E-state index contributed by atoms with van der Waals surface area (Å²) in [5.41, 5.74) is 0. The minimum absolute atomic E-state index is 0.0707. The van der Waals surface area contributed by atoms with Crippen LogP contribution in [0.1, 0.15) is 13.8 Å². The first-order valence-electron chi connectivity index (χ1n) is 7.07. The Labute approximate surface area is 149 Å². The van der Waals surface area contributed by atoms with Crippen LogP contribution < -0.4 is 10.0 Å². The minimum Gasteiger partial charge on any atom is -0.454 e. The highest BCUT2D eigenvalue weighted by atomic mass is 35.5. The lowest BCUT2D eigenvalue weighted by molar-refractivity contribution is -0.149. The fourth-order valence-corrected chi connectivity index (χ4v) is 3.05. The summed E-state index contributed by atoms with van der Waals surface area (Å²) in [5.74, 6) is -1.90. The molecule has 0 saturated heterocycles. The van der Waals surface area contributed by atoms with Crippen molar-refractivity contribution in [3.63, 3.8) is 0 Å². The summed E-state index contributed by atoms with van der Waals surface area (Å²) in [6.07, 6.45) is -0.974. The zero-order valence-corrected chi connectivity index (χ0v) is 15.0. The average molecular weight is 393 g/mol. The molecule has 2 amide bonds. The molecule has 0 aliphatic heterocycles. The van der Waals surface area contributed by atoms with Gasteiger partial charge in [0.1, 0.15) is 6.04 Å². The van der Waals surface area contributed by atoms with Crippen LogP contribution in [0.5, 0.6) is 0 Å². The Balaban J connectivity index is 2.56. The van der Waals surface area contributed by atoms with Crippen LogP contribution >= 0.6 is 11.6 Å². The van der Waals surface area contributed by atoms with Gasteiger partial charge in [-0.05, 0) is 32.0 Å². The Hall–Kier alpha value is -2.17. The molecule has 0 spiro atoms. The number of hydrogen-bond donors (Lipinski definition) is 2. The van der Waals surface area contributed by atoms with Crippen molar-refractivity contribution in [1.29, 1.82) is 0 Å². The van der Waals surface area contributed by atoms with Gasteiger partial charge in [-0.15, -0.1) is 0 Å². The summed E-state index contributed by atoms with van der Waals surface area (Å²) < 4.78 is 35.5. The zero-order valence-electron chi connectivity index (χ0n) is 13.4. The van der Waals surface area contributed by atoms with Crippen LogP contribution in [0.2, 0.25) is 5.02 Å². The molecule has 0 aromatic heterocycles. The number of carbonyl (C=O) groups is 3. The van der Waals surface area contributed by atoms with E-state index < -0.39 is 40.6 Å². The third-order valence-electron chi connectivity index (χ3n) is 2.65. The van der Waals surface area contributed by atoms with Crippen molar-refractivity contribution in [1.82, 2.24) is 10.0 Å². The second kappa shape index (κ2) is 9.35. The number of amides is 2. The Kier molecular flexibility index (Phi) is 7.81. The molecule has 0 unspecified atom stereocenters. The van der Waals surface area contributed by atoms with Crippen molar-refractivity contribution in [2.45, 2.75) is 24.8 Å². The molecule has 9 nitrogen and oxygen atoms in total. The highest BCUT2D eigenvalue weighted by Crippen LogP contribution is 2.15. The summed E-state index contributed by atoms with van der Waals surface area (Å²) in [7, 11) is -4.00.